The van der Waals surface area contributed by atoms with Crippen LogP contribution in [0.2, 0.25) is 0 Å². The van der Waals surface area contributed by atoms with Crippen molar-refractivity contribution in [3.05, 3.63) is 0 Å². The number of nitrogens with zero attached hydrogens (tertiary/aromatic N) is 1. The Balaban J connectivity index is 2.62. The largest absolute Gasteiger partial charge is 0.344 e. The molecule has 1 fully saturated rings. The van der Waals surface area contributed by atoms with E-state index in [2.05, 4.69) is 5.32 Å². The molecule has 1 heterocycles. The van der Waals surface area contributed by atoms with Crippen LogP contribution in [-0.2, 0) is 14.4 Å². The Morgan fingerprint density at radius 3 is 2.86 bits per heavy atom. The fourth-order valence-corrected chi connectivity index (χ4v) is 1.44. The minimum Gasteiger partial charge on any atom is -0.344 e. The first-order chi connectivity index (χ1) is 6.54. The van der Waals surface area contributed by atoms with Crippen LogP contribution in [0.1, 0.15) is 13.8 Å². The first kappa shape index (κ1) is 10.7. The zero-order chi connectivity index (χ0) is 10.7. The van der Waals surface area contributed by atoms with Crippen LogP contribution in [0, 0.1) is 5.92 Å². The minimum atomic E-state index is -0.582. The second-order valence-corrected chi connectivity index (χ2v) is 3.70. The molecule has 0 spiro atoms. The standard InChI is InChI=1S/C9H14N2O3/c1-6(5-12)3-11-4-7(2)10-8(13)9(11)14/h5-7H,3-4H2,1-2H3,(H,10,13). The van der Waals surface area contributed by atoms with Gasteiger partial charge in [0.05, 0.1) is 0 Å². The van der Waals surface area contributed by atoms with Crippen LogP contribution in [0.15, 0.2) is 0 Å². The highest BCUT2D eigenvalue weighted by molar-refractivity contribution is 6.35. The molecule has 0 saturated carbocycles. The molecule has 0 radical (unpaired) electrons. The molecule has 78 valence electrons. The summed E-state index contributed by atoms with van der Waals surface area (Å²) in [6.07, 6.45) is 0.782. The van der Waals surface area contributed by atoms with Crippen LogP contribution in [-0.4, -0.2) is 42.1 Å². The van der Waals surface area contributed by atoms with Crippen LogP contribution in [0.4, 0.5) is 0 Å². The van der Waals surface area contributed by atoms with Gasteiger partial charge in [-0.05, 0) is 6.92 Å². The lowest BCUT2D eigenvalue weighted by Gasteiger charge is -2.31. The average Bonchev–Trinajstić information content (AvgIpc) is 2.13. The number of nitrogens with one attached hydrogen (secondary N) is 1. The Labute approximate surface area is 82.4 Å². The molecule has 14 heavy (non-hydrogen) atoms. The number of amides is 2. The van der Waals surface area contributed by atoms with Gasteiger partial charge in [0.15, 0.2) is 0 Å². The van der Waals surface area contributed by atoms with E-state index in [1.165, 1.54) is 4.90 Å². The first-order valence-electron chi connectivity index (χ1n) is 4.59. The second kappa shape index (κ2) is 4.21. The number of hydrogen-bond donors (Lipinski definition) is 1. The van der Waals surface area contributed by atoms with Gasteiger partial charge in [-0.3, -0.25) is 9.59 Å². The quantitative estimate of drug-likeness (QED) is 0.475. The van der Waals surface area contributed by atoms with Crippen molar-refractivity contribution in [1.29, 1.82) is 0 Å². The molecule has 0 bridgehead atoms. The third kappa shape index (κ3) is 2.31. The summed E-state index contributed by atoms with van der Waals surface area (Å²) >= 11 is 0. The van der Waals surface area contributed by atoms with E-state index in [0.717, 1.165) is 6.29 Å². The van der Waals surface area contributed by atoms with Gasteiger partial charge >= 0.3 is 11.8 Å². The smallest absolute Gasteiger partial charge is 0.311 e. The zero-order valence-electron chi connectivity index (χ0n) is 8.32. The van der Waals surface area contributed by atoms with E-state index >= 15 is 0 Å². The van der Waals surface area contributed by atoms with Gasteiger partial charge in [0.25, 0.3) is 0 Å². The lowest BCUT2D eigenvalue weighted by atomic mass is 10.1. The van der Waals surface area contributed by atoms with Crippen LogP contribution in [0.5, 0.6) is 0 Å². The molecule has 0 aromatic rings. The molecule has 2 unspecified atom stereocenters. The predicted molar refractivity (Wildman–Crippen MR) is 49.4 cm³/mol. The summed E-state index contributed by atoms with van der Waals surface area (Å²) in [6.45, 7) is 4.34. The molecule has 0 aliphatic carbocycles. The fraction of sp³-hybridized carbons (Fsp3) is 0.667. The number of aldehydes is 1. The molecule has 5 heteroatoms. The van der Waals surface area contributed by atoms with Crippen LogP contribution in [0.3, 0.4) is 0 Å². The maximum absolute atomic E-state index is 11.3. The molecule has 1 aliphatic heterocycles. The van der Waals surface area contributed by atoms with Gasteiger partial charge in [-0.15, -0.1) is 0 Å². The Hall–Kier alpha value is -1.39. The SMILES string of the molecule is CC(C=O)CN1CC(C)NC(=O)C1=O. The van der Waals surface area contributed by atoms with E-state index in [1.807, 2.05) is 6.92 Å². The maximum atomic E-state index is 11.3. The number of hydrogen-bond acceptors (Lipinski definition) is 3. The van der Waals surface area contributed by atoms with E-state index in [9.17, 15) is 14.4 Å². The first-order valence-corrected chi connectivity index (χ1v) is 4.59. The van der Waals surface area contributed by atoms with E-state index in [1.54, 1.807) is 6.92 Å². The van der Waals surface area contributed by atoms with Gasteiger partial charge in [0.1, 0.15) is 6.29 Å². The summed E-state index contributed by atoms with van der Waals surface area (Å²) in [4.78, 5) is 34.2. The van der Waals surface area contributed by atoms with Crippen molar-refractivity contribution in [2.45, 2.75) is 19.9 Å². The molecule has 1 saturated heterocycles. The highest BCUT2D eigenvalue weighted by Gasteiger charge is 2.30. The van der Waals surface area contributed by atoms with Crippen molar-refractivity contribution in [3.8, 4) is 0 Å². The summed E-state index contributed by atoms with van der Waals surface area (Å²) in [5.74, 6) is -1.35. The van der Waals surface area contributed by atoms with Gasteiger partial charge in [-0.1, -0.05) is 6.92 Å². The molecule has 5 nitrogen and oxygen atoms in total. The highest BCUT2D eigenvalue weighted by atomic mass is 16.2. The molecule has 2 atom stereocenters. The summed E-state index contributed by atoms with van der Waals surface area (Å²) in [5.41, 5.74) is 0. The van der Waals surface area contributed by atoms with Crippen LogP contribution < -0.4 is 5.32 Å². The van der Waals surface area contributed by atoms with Gasteiger partial charge < -0.3 is 15.0 Å². The third-order valence-electron chi connectivity index (χ3n) is 2.09. The van der Waals surface area contributed by atoms with E-state index < -0.39 is 11.8 Å². The predicted octanol–water partition coefficient (Wildman–Crippen LogP) is -0.832. The lowest BCUT2D eigenvalue weighted by Crippen LogP contribution is -2.57. The molecule has 0 aromatic carbocycles. The number of carbonyl (C=O) groups is 3. The molecule has 1 rings (SSSR count). The number of rotatable bonds is 3. The van der Waals surface area contributed by atoms with Crippen LogP contribution >= 0.6 is 0 Å². The third-order valence-corrected chi connectivity index (χ3v) is 2.09. The van der Waals surface area contributed by atoms with Gasteiger partial charge in [0, 0.05) is 25.0 Å². The Kier molecular flexibility index (Phi) is 3.22. The van der Waals surface area contributed by atoms with Gasteiger partial charge in [-0.2, -0.15) is 0 Å². The monoisotopic (exact) mass is 198 g/mol. The van der Waals surface area contributed by atoms with Crippen molar-refractivity contribution in [2.24, 2.45) is 5.92 Å². The highest BCUT2D eigenvalue weighted by Crippen LogP contribution is 2.04. The molecule has 1 N–H and O–H groups in total. The summed E-state index contributed by atoms with van der Waals surface area (Å²) in [5, 5.41) is 2.53. The Morgan fingerprint density at radius 1 is 1.64 bits per heavy atom. The second-order valence-electron chi connectivity index (χ2n) is 3.70. The van der Waals surface area contributed by atoms with Crippen molar-refractivity contribution >= 4 is 18.1 Å². The van der Waals surface area contributed by atoms with E-state index in [0.29, 0.717) is 13.1 Å². The summed E-state index contributed by atoms with van der Waals surface area (Å²) < 4.78 is 0. The average molecular weight is 198 g/mol. The zero-order valence-corrected chi connectivity index (χ0v) is 8.32. The van der Waals surface area contributed by atoms with Crippen LogP contribution in [0.25, 0.3) is 0 Å². The minimum absolute atomic E-state index is 0.0425. The van der Waals surface area contributed by atoms with Crippen molar-refractivity contribution in [3.63, 3.8) is 0 Å². The molecule has 2 amide bonds. The summed E-state index contributed by atoms with van der Waals surface area (Å²) in [7, 11) is 0. The molecular weight excluding hydrogens is 184 g/mol. The summed E-state index contributed by atoms with van der Waals surface area (Å²) in [6, 6.07) is -0.0425. The lowest BCUT2D eigenvalue weighted by molar-refractivity contribution is -0.149. The Bertz CT molecular complexity index is 265. The Morgan fingerprint density at radius 2 is 2.29 bits per heavy atom. The molecule has 0 aromatic heterocycles. The van der Waals surface area contributed by atoms with Gasteiger partial charge in [0.2, 0.25) is 0 Å². The number of carbonyl (C=O) groups excluding carboxylic acids is 3. The van der Waals surface area contributed by atoms with E-state index in [4.69, 9.17) is 0 Å². The normalized spacial score (nSPS) is 24.4. The van der Waals surface area contributed by atoms with Gasteiger partial charge in [-0.25, -0.2) is 0 Å². The van der Waals surface area contributed by atoms with Crippen molar-refractivity contribution < 1.29 is 14.4 Å². The topological polar surface area (TPSA) is 66.5 Å². The maximum Gasteiger partial charge on any atom is 0.311 e. The van der Waals surface area contributed by atoms with E-state index in [-0.39, 0.29) is 12.0 Å². The van der Waals surface area contributed by atoms with Crippen molar-refractivity contribution in [1.82, 2.24) is 10.2 Å². The van der Waals surface area contributed by atoms with Crippen molar-refractivity contribution in [2.75, 3.05) is 13.1 Å². The number of piperazine rings is 1. The molecular formula is C9H14N2O3. The fourth-order valence-electron chi connectivity index (χ4n) is 1.44. The molecule has 1 aliphatic rings.